The molecular formula is C15H17N5O. The van der Waals surface area contributed by atoms with Crippen molar-refractivity contribution in [2.45, 2.75) is 27.3 Å². The van der Waals surface area contributed by atoms with Gasteiger partial charge in [0.1, 0.15) is 5.82 Å². The van der Waals surface area contributed by atoms with Crippen LogP contribution in [0.1, 0.15) is 22.6 Å². The molecule has 0 aliphatic heterocycles. The summed E-state index contributed by atoms with van der Waals surface area (Å²) in [4.78, 5) is 20.8. The maximum absolute atomic E-state index is 12.1. The third kappa shape index (κ3) is 2.52. The molecule has 0 atom stereocenters. The fourth-order valence-electron chi connectivity index (χ4n) is 2.08. The molecule has 0 saturated carbocycles. The highest BCUT2D eigenvalue weighted by Gasteiger charge is 2.09. The molecule has 0 unspecified atom stereocenters. The van der Waals surface area contributed by atoms with Crippen molar-refractivity contribution in [1.82, 2.24) is 19.6 Å². The summed E-state index contributed by atoms with van der Waals surface area (Å²) in [6.07, 6.45) is 0. The van der Waals surface area contributed by atoms with Gasteiger partial charge in [0, 0.05) is 16.9 Å². The number of nitrogens with one attached hydrogen (secondary N) is 2. The fourth-order valence-corrected chi connectivity index (χ4v) is 2.08. The molecule has 0 aliphatic carbocycles. The molecular weight excluding hydrogens is 266 g/mol. The number of benzene rings is 1. The molecule has 2 aromatic heterocycles. The van der Waals surface area contributed by atoms with Crippen LogP contribution in [0.4, 0.5) is 5.69 Å². The van der Waals surface area contributed by atoms with Crippen LogP contribution in [0.25, 0.3) is 5.78 Å². The van der Waals surface area contributed by atoms with Gasteiger partial charge in [0.05, 0.1) is 6.54 Å². The molecule has 0 radical (unpaired) electrons. The zero-order chi connectivity index (χ0) is 15.0. The van der Waals surface area contributed by atoms with E-state index in [1.807, 2.05) is 38.1 Å². The first-order valence-corrected chi connectivity index (χ1v) is 6.80. The van der Waals surface area contributed by atoms with Gasteiger partial charge in [0.25, 0.3) is 11.3 Å². The van der Waals surface area contributed by atoms with Gasteiger partial charge in [-0.1, -0.05) is 17.7 Å². The highest BCUT2D eigenvalue weighted by atomic mass is 16.1. The second-order valence-electron chi connectivity index (χ2n) is 5.15. The average Bonchev–Trinajstić information content (AvgIpc) is 2.87. The lowest BCUT2D eigenvalue weighted by molar-refractivity contribution is 0.841. The van der Waals surface area contributed by atoms with Crippen LogP contribution in [0, 0.1) is 20.8 Å². The molecule has 0 fully saturated rings. The first kappa shape index (κ1) is 13.4. The van der Waals surface area contributed by atoms with Crippen molar-refractivity contribution in [1.29, 1.82) is 0 Å². The normalized spacial score (nSPS) is 11.0. The summed E-state index contributed by atoms with van der Waals surface area (Å²) >= 11 is 0. The molecule has 108 valence electrons. The topological polar surface area (TPSA) is 75.1 Å². The van der Waals surface area contributed by atoms with E-state index in [0.29, 0.717) is 29.4 Å². The number of hydrogen-bond acceptors (Lipinski definition) is 4. The molecule has 2 N–H and O–H groups in total. The Bertz CT molecular complexity index is 845. The van der Waals surface area contributed by atoms with E-state index in [2.05, 4.69) is 20.4 Å². The third-order valence-electron chi connectivity index (χ3n) is 3.52. The summed E-state index contributed by atoms with van der Waals surface area (Å²) in [7, 11) is 0. The second-order valence-corrected chi connectivity index (χ2v) is 5.15. The van der Waals surface area contributed by atoms with Crippen LogP contribution >= 0.6 is 0 Å². The minimum absolute atomic E-state index is 0.105. The van der Waals surface area contributed by atoms with Crippen molar-refractivity contribution in [2.75, 3.05) is 5.32 Å². The van der Waals surface area contributed by atoms with E-state index in [1.54, 1.807) is 6.92 Å². The number of anilines is 1. The quantitative estimate of drug-likeness (QED) is 0.770. The van der Waals surface area contributed by atoms with E-state index in [-0.39, 0.29) is 5.56 Å². The lowest BCUT2D eigenvalue weighted by Gasteiger charge is -2.03. The summed E-state index contributed by atoms with van der Waals surface area (Å²) in [5.74, 6) is 1.08. The van der Waals surface area contributed by atoms with Crippen molar-refractivity contribution < 1.29 is 0 Å². The second kappa shape index (κ2) is 5.05. The van der Waals surface area contributed by atoms with Gasteiger partial charge in [0.15, 0.2) is 0 Å². The van der Waals surface area contributed by atoms with Gasteiger partial charge in [-0.2, -0.15) is 9.50 Å². The molecule has 0 spiro atoms. The predicted octanol–water partition coefficient (Wildman–Crippen LogP) is 1.95. The minimum Gasteiger partial charge on any atom is -0.378 e. The van der Waals surface area contributed by atoms with Crippen LogP contribution in [0.15, 0.2) is 29.1 Å². The molecule has 6 heteroatoms. The Labute approximate surface area is 121 Å². The molecule has 0 amide bonds. The summed E-state index contributed by atoms with van der Waals surface area (Å²) in [5.41, 5.74) is 3.46. The lowest BCUT2D eigenvalue weighted by Crippen LogP contribution is -2.19. The largest absolute Gasteiger partial charge is 0.378 e. The Morgan fingerprint density at radius 1 is 1.14 bits per heavy atom. The smallest absolute Gasteiger partial charge is 0.277 e. The van der Waals surface area contributed by atoms with Crippen LogP contribution in [-0.4, -0.2) is 19.6 Å². The van der Waals surface area contributed by atoms with E-state index >= 15 is 0 Å². The average molecular weight is 283 g/mol. The summed E-state index contributed by atoms with van der Waals surface area (Å²) in [5, 5.41) is 6.24. The molecule has 2 heterocycles. The minimum atomic E-state index is -0.105. The summed E-state index contributed by atoms with van der Waals surface area (Å²) in [6.45, 7) is 6.13. The van der Waals surface area contributed by atoms with Crippen molar-refractivity contribution >= 4 is 11.5 Å². The van der Waals surface area contributed by atoms with Crippen LogP contribution in [0.3, 0.4) is 0 Å². The number of aromatic nitrogens is 4. The maximum atomic E-state index is 12.1. The number of hydrogen-bond donors (Lipinski definition) is 2. The Morgan fingerprint density at radius 3 is 2.57 bits per heavy atom. The zero-order valence-corrected chi connectivity index (χ0v) is 12.3. The maximum Gasteiger partial charge on any atom is 0.277 e. The molecule has 3 rings (SSSR count). The van der Waals surface area contributed by atoms with E-state index in [1.165, 1.54) is 10.1 Å². The zero-order valence-electron chi connectivity index (χ0n) is 12.3. The van der Waals surface area contributed by atoms with Crippen LogP contribution in [0.2, 0.25) is 0 Å². The van der Waals surface area contributed by atoms with Gasteiger partial charge < -0.3 is 5.32 Å². The van der Waals surface area contributed by atoms with Crippen molar-refractivity contribution in [3.63, 3.8) is 0 Å². The number of H-pyrrole nitrogens is 1. The molecule has 0 aliphatic rings. The predicted molar refractivity (Wildman–Crippen MR) is 81.6 cm³/mol. The molecule has 0 bridgehead atoms. The molecule has 21 heavy (non-hydrogen) atoms. The molecule has 6 nitrogen and oxygen atoms in total. The highest BCUT2D eigenvalue weighted by molar-refractivity contribution is 5.44. The van der Waals surface area contributed by atoms with E-state index in [0.717, 1.165) is 5.69 Å². The standard InChI is InChI=1S/C15H17N5O/c1-9-4-6-12(7-5-9)16-8-13-18-15-17-11(3)10(2)14(21)20(15)19-13/h4-7,16H,8H2,1-3H3,(H,17,18,19). The number of aromatic amines is 1. The van der Waals surface area contributed by atoms with Crippen LogP contribution < -0.4 is 10.9 Å². The Kier molecular flexibility index (Phi) is 3.21. The van der Waals surface area contributed by atoms with Crippen molar-refractivity contribution in [2.24, 2.45) is 0 Å². The lowest BCUT2D eigenvalue weighted by atomic mass is 10.2. The van der Waals surface area contributed by atoms with Gasteiger partial charge in [0.2, 0.25) is 0 Å². The first-order valence-electron chi connectivity index (χ1n) is 6.80. The summed E-state index contributed by atoms with van der Waals surface area (Å²) in [6, 6.07) is 8.10. The van der Waals surface area contributed by atoms with E-state index < -0.39 is 0 Å². The number of rotatable bonds is 3. The summed E-state index contributed by atoms with van der Waals surface area (Å²) < 4.78 is 1.38. The fraction of sp³-hybridized carbons (Fsp3) is 0.267. The van der Waals surface area contributed by atoms with Gasteiger partial charge in [-0.05, 0) is 32.9 Å². The Morgan fingerprint density at radius 2 is 1.86 bits per heavy atom. The van der Waals surface area contributed by atoms with Gasteiger partial charge in [-0.25, -0.2) is 4.98 Å². The third-order valence-corrected chi connectivity index (χ3v) is 3.52. The Hall–Kier alpha value is -2.63. The van der Waals surface area contributed by atoms with E-state index in [4.69, 9.17) is 0 Å². The van der Waals surface area contributed by atoms with Gasteiger partial charge in [-0.15, -0.1) is 0 Å². The molecule has 0 saturated heterocycles. The van der Waals surface area contributed by atoms with Crippen LogP contribution in [-0.2, 0) is 6.54 Å². The first-order chi connectivity index (χ1) is 10.0. The van der Waals surface area contributed by atoms with Crippen molar-refractivity contribution in [3.8, 4) is 0 Å². The number of nitrogens with zero attached hydrogens (tertiary/aromatic N) is 3. The Balaban J connectivity index is 1.86. The number of fused-ring (bicyclic) bond motifs is 1. The van der Waals surface area contributed by atoms with E-state index in [9.17, 15) is 4.79 Å². The monoisotopic (exact) mass is 283 g/mol. The molecule has 1 aromatic carbocycles. The molecule has 3 aromatic rings. The van der Waals surface area contributed by atoms with Crippen LogP contribution in [0.5, 0.6) is 0 Å². The van der Waals surface area contributed by atoms with Crippen molar-refractivity contribution in [3.05, 3.63) is 57.3 Å². The number of aryl methyl sites for hydroxylation is 2. The van der Waals surface area contributed by atoms with Gasteiger partial charge >= 0.3 is 0 Å². The highest BCUT2D eigenvalue weighted by Crippen LogP contribution is 2.09. The van der Waals surface area contributed by atoms with Gasteiger partial charge in [-0.3, -0.25) is 9.89 Å². The SMILES string of the molecule is Cc1ccc(NCc2nc3nc(C)c(C)c(=O)n3[nH]2)cc1.